The Morgan fingerprint density at radius 2 is 1.59 bits per heavy atom. The second-order valence-electron chi connectivity index (χ2n) is 6.72. The number of sulfonamides is 1. The van der Waals surface area contributed by atoms with E-state index in [-0.39, 0.29) is 4.90 Å². The van der Waals surface area contributed by atoms with E-state index in [1.807, 2.05) is 55.5 Å². The molecule has 0 amide bonds. The molecule has 0 saturated carbocycles. The molecule has 0 saturated heterocycles. The monoisotopic (exact) mass is 407 g/mol. The first-order chi connectivity index (χ1) is 14.0. The molecule has 1 heterocycles. The summed E-state index contributed by atoms with van der Waals surface area (Å²) in [7, 11) is -3.75. The largest absolute Gasteiger partial charge is 0.494 e. The minimum absolute atomic E-state index is 0.0701. The van der Waals surface area contributed by atoms with Crippen LogP contribution in [0.3, 0.4) is 0 Å². The molecule has 1 aliphatic rings. The topological polar surface area (TPSA) is 78.6 Å². The van der Waals surface area contributed by atoms with Crippen molar-refractivity contribution in [1.82, 2.24) is 0 Å². The summed E-state index contributed by atoms with van der Waals surface area (Å²) in [6, 6.07) is 22.2. The minimum Gasteiger partial charge on any atom is -0.494 e. The van der Waals surface area contributed by atoms with Crippen LogP contribution in [0.25, 0.3) is 11.3 Å². The molecule has 0 aromatic heterocycles. The Hall–Kier alpha value is -3.09. The van der Waals surface area contributed by atoms with Crippen LogP contribution >= 0.6 is 0 Å². The Bertz CT molecular complexity index is 1160. The van der Waals surface area contributed by atoms with Crippen molar-refractivity contribution in [2.75, 3.05) is 6.61 Å². The van der Waals surface area contributed by atoms with E-state index >= 15 is 0 Å². The van der Waals surface area contributed by atoms with Crippen molar-refractivity contribution in [3.05, 3.63) is 89.5 Å². The van der Waals surface area contributed by atoms with Gasteiger partial charge in [-0.2, -0.15) is 0 Å². The summed E-state index contributed by atoms with van der Waals surface area (Å²) < 4.78 is 35.0. The summed E-state index contributed by atoms with van der Waals surface area (Å²) in [5.74, 6) is 2.31. The van der Waals surface area contributed by atoms with Crippen molar-refractivity contribution in [1.29, 1.82) is 0 Å². The fourth-order valence-electron chi connectivity index (χ4n) is 3.37. The minimum atomic E-state index is -3.75. The van der Waals surface area contributed by atoms with E-state index in [9.17, 15) is 8.42 Å². The van der Waals surface area contributed by atoms with Crippen molar-refractivity contribution < 1.29 is 17.9 Å². The lowest BCUT2D eigenvalue weighted by Crippen LogP contribution is -2.12. The summed E-state index contributed by atoms with van der Waals surface area (Å²) in [4.78, 5) is 0.0701. The summed E-state index contributed by atoms with van der Waals surface area (Å²) >= 11 is 0. The molecule has 6 heteroatoms. The zero-order valence-electron chi connectivity index (χ0n) is 16.0. The molecule has 29 heavy (non-hydrogen) atoms. The van der Waals surface area contributed by atoms with Crippen LogP contribution in [0.1, 0.15) is 23.6 Å². The van der Waals surface area contributed by atoms with E-state index in [1.54, 1.807) is 12.1 Å². The van der Waals surface area contributed by atoms with E-state index in [0.29, 0.717) is 18.8 Å². The van der Waals surface area contributed by atoms with Crippen LogP contribution in [0.15, 0.2) is 77.7 Å². The standard InChI is InChI=1S/C23H21NO4S/c1-2-27-19-11-7-16(8-12-19)21-15-18-5-3-4-6-22(18)28-23(21)17-9-13-20(14-10-17)29(24,25)26/h3-14H,2,15H2,1H3,(H2,24,25,26). The number of primary sulfonamides is 1. The van der Waals surface area contributed by atoms with Gasteiger partial charge in [0.15, 0.2) is 0 Å². The molecular formula is C23H21NO4S. The van der Waals surface area contributed by atoms with Crippen LogP contribution in [-0.4, -0.2) is 15.0 Å². The first-order valence-electron chi connectivity index (χ1n) is 9.31. The summed E-state index contributed by atoms with van der Waals surface area (Å²) in [5, 5.41) is 5.22. The molecule has 3 aromatic rings. The summed E-state index contributed by atoms with van der Waals surface area (Å²) in [5.41, 5.74) is 3.93. The second kappa shape index (κ2) is 7.73. The molecule has 0 spiro atoms. The number of hydrogen-bond acceptors (Lipinski definition) is 4. The van der Waals surface area contributed by atoms with Crippen LogP contribution in [0, 0.1) is 0 Å². The maximum absolute atomic E-state index is 11.6. The third kappa shape index (κ3) is 4.04. The molecule has 5 nitrogen and oxygen atoms in total. The van der Waals surface area contributed by atoms with E-state index in [4.69, 9.17) is 14.6 Å². The molecule has 4 rings (SSSR count). The second-order valence-corrected chi connectivity index (χ2v) is 8.28. The number of hydrogen-bond donors (Lipinski definition) is 1. The van der Waals surface area contributed by atoms with Gasteiger partial charge in [0.05, 0.1) is 11.5 Å². The Labute approximate surface area is 170 Å². The van der Waals surface area contributed by atoms with E-state index in [1.165, 1.54) is 12.1 Å². The van der Waals surface area contributed by atoms with Crippen LogP contribution in [0.2, 0.25) is 0 Å². The van der Waals surface area contributed by atoms with Gasteiger partial charge in [0.25, 0.3) is 0 Å². The Morgan fingerprint density at radius 1 is 0.931 bits per heavy atom. The molecule has 0 unspecified atom stereocenters. The summed E-state index contributed by atoms with van der Waals surface area (Å²) in [6.45, 7) is 2.56. The smallest absolute Gasteiger partial charge is 0.238 e. The van der Waals surface area contributed by atoms with Gasteiger partial charge in [-0.3, -0.25) is 0 Å². The molecule has 148 valence electrons. The molecule has 0 fully saturated rings. The fourth-order valence-corrected chi connectivity index (χ4v) is 3.89. The van der Waals surface area contributed by atoms with Crippen molar-refractivity contribution in [2.45, 2.75) is 18.2 Å². The van der Waals surface area contributed by atoms with Crippen LogP contribution in [0.4, 0.5) is 0 Å². The Balaban J connectivity index is 1.80. The molecule has 0 bridgehead atoms. The quantitative estimate of drug-likeness (QED) is 0.686. The van der Waals surface area contributed by atoms with Crippen molar-refractivity contribution in [3.8, 4) is 11.5 Å². The highest BCUT2D eigenvalue weighted by Gasteiger charge is 2.22. The SMILES string of the molecule is CCOc1ccc(C2=C(c3ccc(S(N)(=O)=O)cc3)Oc3ccccc3C2)cc1. The first-order valence-corrected chi connectivity index (χ1v) is 10.9. The molecule has 0 atom stereocenters. The van der Waals surface area contributed by atoms with Crippen molar-refractivity contribution in [2.24, 2.45) is 5.14 Å². The highest BCUT2D eigenvalue weighted by atomic mass is 32.2. The van der Waals surface area contributed by atoms with Crippen LogP contribution in [0.5, 0.6) is 11.5 Å². The lowest BCUT2D eigenvalue weighted by Gasteiger charge is -2.24. The Morgan fingerprint density at radius 3 is 2.24 bits per heavy atom. The summed E-state index contributed by atoms with van der Waals surface area (Å²) in [6.07, 6.45) is 0.705. The number of rotatable bonds is 5. The fraction of sp³-hybridized carbons (Fsp3) is 0.130. The maximum Gasteiger partial charge on any atom is 0.238 e. The van der Waals surface area contributed by atoms with E-state index < -0.39 is 10.0 Å². The average Bonchev–Trinajstić information content (AvgIpc) is 2.73. The number of benzene rings is 3. The van der Waals surface area contributed by atoms with Gasteiger partial charge in [0.1, 0.15) is 17.3 Å². The van der Waals surface area contributed by atoms with Crippen molar-refractivity contribution >= 4 is 21.4 Å². The third-order valence-electron chi connectivity index (χ3n) is 4.78. The maximum atomic E-state index is 11.6. The molecular weight excluding hydrogens is 386 g/mol. The molecule has 0 aliphatic carbocycles. The Kier molecular flexibility index (Phi) is 5.13. The number of nitrogens with two attached hydrogens (primary N) is 1. The van der Waals surface area contributed by atoms with Gasteiger partial charge in [-0.05, 0) is 60.5 Å². The van der Waals surface area contributed by atoms with E-state index in [0.717, 1.165) is 33.8 Å². The lowest BCUT2D eigenvalue weighted by molar-refractivity contribution is 0.340. The highest BCUT2D eigenvalue weighted by molar-refractivity contribution is 7.89. The lowest BCUT2D eigenvalue weighted by atomic mass is 9.92. The number of para-hydroxylation sites is 1. The van der Waals surface area contributed by atoms with Crippen LogP contribution in [-0.2, 0) is 16.4 Å². The highest BCUT2D eigenvalue weighted by Crippen LogP contribution is 2.39. The van der Waals surface area contributed by atoms with Gasteiger partial charge in [0, 0.05) is 17.6 Å². The number of allylic oxidation sites excluding steroid dienone is 1. The van der Waals surface area contributed by atoms with Gasteiger partial charge < -0.3 is 9.47 Å². The zero-order chi connectivity index (χ0) is 20.4. The predicted molar refractivity (Wildman–Crippen MR) is 113 cm³/mol. The molecule has 0 radical (unpaired) electrons. The van der Waals surface area contributed by atoms with E-state index in [2.05, 4.69) is 0 Å². The average molecular weight is 407 g/mol. The van der Waals surface area contributed by atoms with Gasteiger partial charge >= 0.3 is 0 Å². The normalized spacial score (nSPS) is 13.6. The number of fused-ring (bicyclic) bond motifs is 1. The zero-order valence-corrected chi connectivity index (χ0v) is 16.8. The van der Waals surface area contributed by atoms with Crippen molar-refractivity contribution in [3.63, 3.8) is 0 Å². The first kappa shape index (κ1) is 19.2. The third-order valence-corrected chi connectivity index (χ3v) is 5.71. The van der Waals surface area contributed by atoms with Gasteiger partial charge in [-0.15, -0.1) is 0 Å². The van der Waals surface area contributed by atoms with Gasteiger partial charge in [-0.25, -0.2) is 13.6 Å². The molecule has 2 N–H and O–H groups in total. The van der Waals surface area contributed by atoms with Gasteiger partial charge in [0.2, 0.25) is 10.0 Å². The molecule has 3 aromatic carbocycles. The number of ether oxygens (including phenoxy) is 2. The van der Waals surface area contributed by atoms with Gasteiger partial charge in [-0.1, -0.05) is 30.3 Å². The predicted octanol–water partition coefficient (Wildman–Crippen LogP) is 4.24. The molecule has 1 aliphatic heterocycles. The van der Waals surface area contributed by atoms with Crippen LogP contribution < -0.4 is 14.6 Å².